The van der Waals surface area contributed by atoms with Gasteiger partial charge in [0.25, 0.3) is 0 Å². The molecule has 5 heteroatoms. The highest BCUT2D eigenvalue weighted by molar-refractivity contribution is 5.89. The Kier molecular flexibility index (Phi) is 5.32. The van der Waals surface area contributed by atoms with E-state index in [1.807, 2.05) is 41.2 Å². The zero-order valence-corrected chi connectivity index (χ0v) is 11.7. The zero-order valence-electron chi connectivity index (χ0n) is 11.7. The molecular formula is C15H20N4O. The molecule has 5 nitrogen and oxygen atoms in total. The van der Waals surface area contributed by atoms with Crippen molar-refractivity contribution in [2.45, 2.75) is 26.4 Å². The number of nitrogens with zero attached hydrogens (tertiary/aromatic N) is 2. The second-order valence-electron chi connectivity index (χ2n) is 4.64. The van der Waals surface area contributed by atoms with Crippen LogP contribution in [-0.2, 0) is 17.9 Å². The van der Waals surface area contributed by atoms with Gasteiger partial charge in [0.1, 0.15) is 0 Å². The number of hydrogen-bond acceptors (Lipinski definition) is 3. The highest BCUT2D eigenvalue weighted by Gasteiger charge is 2.02. The smallest absolute Gasteiger partial charge is 0.221 e. The molecular weight excluding hydrogens is 252 g/mol. The largest absolute Gasteiger partial charge is 0.326 e. The highest BCUT2D eigenvalue weighted by atomic mass is 16.1. The van der Waals surface area contributed by atoms with Crippen molar-refractivity contribution in [2.75, 3.05) is 11.9 Å². The molecule has 0 bridgehead atoms. The van der Waals surface area contributed by atoms with Gasteiger partial charge < -0.3 is 10.6 Å². The number of anilines is 1. The lowest BCUT2D eigenvalue weighted by molar-refractivity contribution is -0.114. The minimum Gasteiger partial charge on any atom is -0.326 e. The van der Waals surface area contributed by atoms with Crippen LogP contribution in [0.5, 0.6) is 0 Å². The Hall–Kier alpha value is -2.14. The van der Waals surface area contributed by atoms with E-state index >= 15 is 0 Å². The second kappa shape index (κ2) is 7.45. The predicted octanol–water partition coefficient (Wildman–Crippen LogP) is 2.02. The van der Waals surface area contributed by atoms with Crippen LogP contribution in [-0.4, -0.2) is 22.2 Å². The molecule has 1 aromatic heterocycles. The van der Waals surface area contributed by atoms with E-state index in [0.29, 0.717) is 0 Å². The first-order valence-corrected chi connectivity index (χ1v) is 6.79. The van der Waals surface area contributed by atoms with Gasteiger partial charge in [-0.1, -0.05) is 18.2 Å². The quantitative estimate of drug-likeness (QED) is 0.758. The maximum atomic E-state index is 11.1. The van der Waals surface area contributed by atoms with Crippen LogP contribution < -0.4 is 10.6 Å². The summed E-state index contributed by atoms with van der Waals surface area (Å²) >= 11 is 0. The number of benzene rings is 1. The molecule has 2 N–H and O–H groups in total. The summed E-state index contributed by atoms with van der Waals surface area (Å²) in [5, 5.41) is 10.4. The Balaban J connectivity index is 1.74. The molecule has 0 aliphatic heterocycles. The number of carbonyl (C=O) groups excluding carboxylic acids is 1. The molecule has 0 atom stereocenters. The van der Waals surface area contributed by atoms with Gasteiger partial charge in [-0.15, -0.1) is 0 Å². The van der Waals surface area contributed by atoms with E-state index in [2.05, 4.69) is 15.7 Å². The molecule has 106 valence electrons. The van der Waals surface area contributed by atoms with Crippen molar-refractivity contribution in [3.63, 3.8) is 0 Å². The van der Waals surface area contributed by atoms with Crippen LogP contribution in [0.1, 0.15) is 18.9 Å². The van der Waals surface area contributed by atoms with Crippen LogP contribution in [0, 0.1) is 0 Å². The Morgan fingerprint density at radius 1 is 1.30 bits per heavy atom. The topological polar surface area (TPSA) is 59.0 Å². The van der Waals surface area contributed by atoms with E-state index in [1.165, 1.54) is 6.92 Å². The van der Waals surface area contributed by atoms with Crippen LogP contribution in [0.2, 0.25) is 0 Å². The van der Waals surface area contributed by atoms with Gasteiger partial charge in [-0.05, 0) is 30.7 Å². The summed E-state index contributed by atoms with van der Waals surface area (Å²) in [5.41, 5.74) is 1.97. The van der Waals surface area contributed by atoms with Gasteiger partial charge in [-0.2, -0.15) is 5.10 Å². The number of aryl methyl sites for hydroxylation is 1. The van der Waals surface area contributed by atoms with Gasteiger partial charge >= 0.3 is 0 Å². The molecule has 0 saturated heterocycles. The zero-order chi connectivity index (χ0) is 14.2. The van der Waals surface area contributed by atoms with Crippen molar-refractivity contribution >= 4 is 11.6 Å². The lowest BCUT2D eigenvalue weighted by Gasteiger charge is -2.10. The van der Waals surface area contributed by atoms with E-state index < -0.39 is 0 Å². The molecule has 0 spiro atoms. The summed E-state index contributed by atoms with van der Waals surface area (Å²) in [6.45, 7) is 4.09. The van der Waals surface area contributed by atoms with Gasteiger partial charge in [-0.3, -0.25) is 9.48 Å². The van der Waals surface area contributed by atoms with Crippen molar-refractivity contribution in [3.05, 3.63) is 48.3 Å². The Bertz CT molecular complexity index is 537. The Morgan fingerprint density at radius 2 is 2.15 bits per heavy atom. The lowest BCUT2D eigenvalue weighted by Crippen LogP contribution is -2.18. The first kappa shape index (κ1) is 14.3. The molecule has 0 unspecified atom stereocenters. The van der Waals surface area contributed by atoms with E-state index in [-0.39, 0.29) is 5.91 Å². The summed E-state index contributed by atoms with van der Waals surface area (Å²) in [4.78, 5) is 11.1. The average Bonchev–Trinajstić information content (AvgIpc) is 2.93. The average molecular weight is 272 g/mol. The van der Waals surface area contributed by atoms with Crippen molar-refractivity contribution in [3.8, 4) is 0 Å². The fourth-order valence-corrected chi connectivity index (χ4v) is 2.01. The molecule has 0 fully saturated rings. The number of aromatic nitrogens is 2. The van der Waals surface area contributed by atoms with Gasteiger partial charge in [-0.25, -0.2) is 0 Å². The SMILES string of the molecule is CC(=O)Nc1ccccc1CNCCCn1cccn1. The third kappa shape index (κ3) is 4.51. The summed E-state index contributed by atoms with van der Waals surface area (Å²) in [6, 6.07) is 9.77. The van der Waals surface area contributed by atoms with Crippen LogP contribution in [0.3, 0.4) is 0 Å². The number of para-hydroxylation sites is 1. The van der Waals surface area contributed by atoms with Gasteiger partial charge in [0.05, 0.1) is 0 Å². The lowest BCUT2D eigenvalue weighted by atomic mass is 10.1. The second-order valence-corrected chi connectivity index (χ2v) is 4.64. The van der Waals surface area contributed by atoms with Crippen molar-refractivity contribution in [2.24, 2.45) is 0 Å². The summed E-state index contributed by atoms with van der Waals surface area (Å²) < 4.78 is 1.92. The molecule has 1 amide bonds. The van der Waals surface area contributed by atoms with Crippen LogP contribution in [0.15, 0.2) is 42.7 Å². The molecule has 0 aliphatic carbocycles. The van der Waals surface area contributed by atoms with Crippen LogP contribution in [0.4, 0.5) is 5.69 Å². The van der Waals surface area contributed by atoms with Crippen molar-refractivity contribution in [1.29, 1.82) is 0 Å². The summed E-state index contributed by atoms with van der Waals surface area (Å²) in [5.74, 6) is -0.0452. The third-order valence-corrected chi connectivity index (χ3v) is 2.94. The number of amides is 1. The fourth-order valence-electron chi connectivity index (χ4n) is 2.01. The molecule has 0 saturated carbocycles. The van der Waals surface area contributed by atoms with Crippen LogP contribution in [0.25, 0.3) is 0 Å². The standard InChI is InChI=1S/C15H20N4O/c1-13(20)18-15-7-3-2-6-14(15)12-16-8-4-10-19-11-5-9-17-19/h2-3,5-7,9,11,16H,4,8,10,12H2,1H3,(H,18,20). The first-order chi connectivity index (χ1) is 9.75. The molecule has 1 heterocycles. The van der Waals surface area contributed by atoms with E-state index in [1.54, 1.807) is 6.20 Å². The first-order valence-electron chi connectivity index (χ1n) is 6.79. The predicted molar refractivity (Wildman–Crippen MR) is 79.3 cm³/mol. The van der Waals surface area contributed by atoms with Crippen molar-refractivity contribution < 1.29 is 4.79 Å². The third-order valence-electron chi connectivity index (χ3n) is 2.94. The van der Waals surface area contributed by atoms with E-state index in [0.717, 1.165) is 37.3 Å². The molecule has 2 rings (SSSR count). The summed E-state index contributed by atoms with van der Waals surface area (Å²) in [6.07, 6.45) is 4.77. The van der Waals surface area contributed by atoms with Gasteiger partial charge in [0.2, 0.25) is 5.91 Å². The summed E-state index contributed by atoms with van der Waals surface area (Å²) in [7, 11) is 0. The Morgan fingerprint density at radius 3 is 2.90 bits per heavy atom. The minimum atomic E-state index is -0.0452. The van der Waals surface area contributed by atoms with E-state index in [4.69, 9.17) is 0 Å². The molecule has 2 aromatic rings. The van der Waals surface area contributed by atoms with Crippen molar-refractivity contribution in [1.82, 2.24) is 15.1 Å². The molecule has 1 aromatic carbocycles. The normalized spacial score (nSPS) is 10.4. The fraction of sp³-hybridized carbons (Fsp3) is 0.333. The monoisotopic (exact) mass is 272 g/mol. The molecule has 0 aliphatic rings. The highest BCUT2D eigenvalue weighted by Crippen LogP contribution is 2.14. The molecule has 0 radical (unpaired) electrons. The number of rotatable bonds is 7. The van der Waals surface area contributed by atoms with Gasteiger partial charge in [0.15, 0.2) is 0 Å². The maximum absolute atomic E-state index is 11.1. The number of nitrogens with one attached hydrogen (secondary N) is 2. The number of hydrogen-bond donors (Lipinski definition) is 2. The minimum absolute atomic E-state index is 0.0452. The Labute approximate surface area is 119 Å². The molecule has 20 heavy (non-hydrogen) atoms. The van der Waals surface area contributed by atoms with Crippen LogP contribution >= 0.6 is 0 Å². The van der Waals surface area contributed by atoms with E-state index in [9.17, 15) is 4.79 Å². The maximum Gasteiger partial charge on any atom is 0.221 e. The number of carbonyl (C=O) groups is 1. The van der Waals surface area contributed by atoms with Gasteiger partial charge in [0, 0.05) is 38.1 Å².